The van der Waals surface area contributed by atoms with Crippen LogP contribution in [0.25, 0.3) is 0 Å². The Balaban J connectivity index is 1.48. The zero-order valence-electron chi connectivity index (χ0n) is 14.2. The topological polar surface area (TPSA) is 51.0 Å². The van der Waals surface area contributed by atoms with Gasteiger partial charge in [-0.15, -0.1) is 10.2 Å². The van der Waals surface area contributed by atoms with Crippen molar-refractivity contribution in [2.45, 2.75) is 64.1 Å². The van der Waals surface area contributed by atoms with Crippen LogP contribution in [0.15, 0.2) is 30.3 Å². The summed E-state index contributed by atoms with van der Waals surface area (Å²) in [4.78, 5) is 15.1. The van der Waals surface area contributed by atoms with Crippen LogP contribution in [0.1, 0.15) is 43.4 Å². The third-order valence-electron chi connectivity index (χ3n) is 5.41. The largest absolute Gasteiger partial charge is 0.334 e. The van der Waals surface area contributed by atoms with E-state index in [9.17, 15) is 4.79 Å². The van der Waals surface area contributed by atoms with Crippen LogP contribution in [0.3, 0.4) is 0 Å². The molecule has 0 radical (unpaired) electrons. The number of hydrogen-bond acceptors (Lipinski definition) is 3. The smallest absolute Gasteiger partial charge is 0.223 e. The number of benzene rings is 1. The predicted molar refractivity (Wildman–Crippen MR) is 91.5 cm³/mol. The summed E-state index contributed by atoms with van der Waals surface area (Å²) in [7, 11) is 0. The van der Waals surface area contributed by atoms with Crippen LogP contribution in [0.2, 0.25) is 0 Å². The average Bonchev–Trinajstić information content (AvgIpc) is 3.13. The van der Waals surface area contributed by atoms with E-state index in [0.717, 1.165) is 50.3 Å². The summed E-state index contributed by atoms with van der Waals surface area (Å²) >= 11 is 0. The highest BCUT2D eigenvalue weighted by atomic mass is 16.2. The highest BCUT2D eigenvalue weighted by Gasteiger charge is 2.40. The number of carbonyl (C=O) groups is 1. The van der Waals surface area contributed by atoms with E-state index in [4.69, 9.17) is 0 Å². The molecule has 5 nitrogen and oxygen atoms in total. The van der Waals surface area contributed by atoms with Crippen molar-refractivity contribution in [3.05, 3.63) is 47.5 Å². The summed E-state index contributed by atoms with van der Waals surface area (Å²) in [6, 6.07) is 10.9. The molecule has 0 unspecified atom stereocenters. The quantitative estimate of drug-likeness (QED) is 0.868. The molecule has 1 fully saturated rings. The molecule has 0 N–H and O–H groups in total. The molecule has 0 spiro atoms. The van der Waals surface area contributed by atoms with Crippen LogP contribution in [0.5, 0.6) is 0 Å². The molecule has 2 bridgehead atoms. The van der Waals surface area contributed by atoms with Gasteiger partial charge in [0.05, 0.1) is 6.04 Å². The van der Waals surface area contributed by atoms with Gasteiger partial charge in [0.25, 0.3) is 0 Å². The second-order valence-electron chi connectivity index (χ2n) is 6.87. The molecule has 1 aromatic carbocycles. The number of hydrogen-bond donors (Lipinski definition) is 0. The lowest BCUT2D eigenvalue weighted by molar-refractivity contribution is -0.134. The van der Waals surface area contributed by atoms with Crippen LogP contribution >= 0.6 is 0 Å². The van der Waals surface area contributed by atoms with Gasteiger partial charge in [-0.05, 0) is 24.8 Å². The predicted octanol–water partition coefficient (Wildman–Crippen LogP) is 2.39. The molecule has 0 aliphatic carbocycles. The summed E-state index contributed by atoms with van der Waals surface area (Å²) in [5, 5.41) is 8.68. The fourth-order valence-corrected chi connectivity index (χ4v) is 4.19. The SMILES string of the molecule is CCc1nnc2n1C[C@H]1CC[C@@H](C2)N1C(=O)CCc1ccccc1. The van der Waals surface area contributed by atoms with Crippen molar-refractivity contribution in [2.75, 3.05) is 0 Å². The molecule has 1 aromatic heterocycles. The Morgan fingerprint density at radius 3 is 2.75 bits per heavy atom. The van der Waals surface area contributed by atoms with Gasteiger partial charge < -0.3 is 9.47 Å². The molecule has 1 amide bonds. The van der Waals surface area contributed by atoms with Gasteiger partial charge in [-0.3, -0.25) is 4.79 Å². The zero-order chi connectivity index (χ0) is 16.5. The van der Waals surface area contributed by atoms with Gasteiger partial charge >= 0.3 is 0 Å². The van der Waals surface area contributed by atoms with Gasteiger partial charge in [-0.2, -0.15) is 0 Å². The molecule has 2 atom stereocenters. The Morgan fingerprint density at radius 1 is 1.17 bits per heavy atom. The highest BCUT2D eigenvalue weighted by Crippen LogP contribution is 2.32. The number of amides is 1. The van der Waals surface area contributed by atoms with Crippen molar-refractivity contribution in [1.82, 2.24) is 19.7 Å². The van der Waals surface area contributed by atoms with Crippen molar-refractivity contribution < 1.29 is 4.79 Å². The van der Waals surface area contributed by atoms with E-state index in [-0.39, 0.29) is 0 Å². The molecule has 1 saturated heterocycles. The van der Waals surface area contributed by atoms with Gasteiger partial charge in [-0.1, -0.05) is 37.3 Å². The van der Waals surface area contributed by atoms with Gasteiger partial charge in [0.15, 0.2) is 0 Å². The normalized spacial score (nSPS) is 22.3. The number of aromatic nitrogens is 3. The minimum atomic E-state index is 0.295. The molecular weight excluding hydrogens is 300 g/mol. The molecule has 5 heteroatoms. The second kappa shape index (κ2) is 6.38. The monoisotopic (exact) mass is 324 g/mol. The van der Waals surface area contributed by atoms with Crippen molar-refractivity contribution in [1.29, 1.82) is 0 Å². The molecule has 0 saturated carbocycles. The van der Waals surface area contributed by atoms with Crippen molar-refractivity contribution >= 4 is 5.91 Å². The number of fused-ring (bicyclic) bond motifs is 3. The standard InChI is InChI=1S/C19H24N4O/c1-2-17-20-21-18-12-15-9-10-16(13-22(17)18)23(15)19(24)11-8-14-6-4-3-5-7-14/h3-7,15-16H,2,8-13H2,1H3/t15-,16+/m0/s1. The number of nitrogens with zero attached hydrogens (tertiary/aromatic N) is 4. The minimum Gasteiger partial charge on any atom is -0.334 e. The molecule has 2 aromatic rings. The Kier molecular flexibility index (Phi) is 4.08. The van der Waals surface area contributed by atoms with Gasteiger partial charge in [0.1, 0.15) is 11.6 Å². The lowest BCUT2D eigenvalue weighted by atomic mass is 10.1. The first-order valence-corrected chi connectivity index (χ1v) is 9.02. The Morgan fingerprint density at radius 2 is 1.96 bits per heavy atom. The first-order chi connectivity index (χ1) is 11.8. The average molecular weight is 324 g/mol. The number of rotatable bonds is 4. The van der Waals surface area contributed by atoms with E-state index in [1.54, 1.807) is 0 Å². The van der Waals surface area contributed by atoms with Crippen LogP contribution in [0, 0.1) is 0 Å². The third-order valence-corrected chi connectivity index (χ3v) is 5.41. The Labute approximate surface area is 142 Å². The van der Waals surface area contributed by atoms with E-state index >= 15 is 0 Å². The van der Waals surface area contributed by atoms with Crippen LogP contribution in [0.4, 0.5) is 0 Å². The zero-order valence-corrected chi connectivity index (χ0v) is 14.2. The summed E-state index contributed by atoms with van der Waals surface area (Å²) < 4.78 is 2.25. The fraction of sp³-hybridized carbons (Fsp3) is 0.526. The molecular formula is C19H24N4O. The van der Waals surface area contributed by atoms with E-state index in [1.807, 2.05) is 18.2 Å². The second-order valence-corrected chi connectivity index (χ2v) is 6.87. The fourth-order valence-electron chi connectivity index (χ4n) is 4.19. The first-order valence-electron chi connectivity index (χ1n) is 9.02. The summed E-state index contributed by atoms with van der Waals surface area (Å²) in [5.74, 6) is 2.40. The van der Waals surface area contributed by atoms with Crippen LogP contribution in [-0.2, 0) is 30.6 Å². The lowest BCUT2D eigenvalue weighted by Crippen LogP contribution is -2.42. The number of aryl methyl sites for hydroxylation is 2. The van der Waals surface area contributed by atoms with Gasteiger partial charge in [0, 0.05) is 31.8 Å². The summed E-state index contributed by atoms with van der Waals surface area (Å²) in [6.45, 7) is 2.97. The molecule has 2 aliphatic heterocycles. The van der Waals surface area contributed by atoms with Crippen molar-refractivity contribution in [3.8, 4) is 0 Å². The van der Waals surface area contributed by atoms with Crippen LogP contribution < -0.4 is 0 Å². The third kappa shape index (κ3) is 2.72. The summed E-state index contributed by atoms with van der Waals surface area (Å²) in [5.41, 5.74) is 1.23. The Hall–Kier alpha value is -2.17. The van der Waals surface area contributed by atoms with Crippen molar-refractivity contribution in [3.63, 3.8) is 0 Å². The van der Waals surface area contributed by atoms with E-state index < -0.39 is 0 Å². The van der Waals surface area contributed by atoms with E-state index in [1.165, 1.54) is 5.56 Å². The van der Waals surface area contributed by atoms with Gasteiger partial charge in [0.2, 0.25) is 5.91 Å². The summed E-state index contributed by atoms with van der Waals surface area (Å²) in [6.07, 6.45) is 5.35. The lowest BCUT2D eigenvalue weighted by Gasteiger charge is -2.28. The highest BCUT2D eigenvalue weighted by molar-refractivity contribution is 5.77. The number of carbonyl (C=O) groups excluding carboxylic acids is 1. The van der Waals surface area contributed by atoms with E-state index in [0.29, 0.717) is 24.4 Å². The Bertz CT molecular complexity index is 724. The molecule has 126 valence electrons. The molecule has 4 rings (SSSR count). The maximum absolute atomic E-state index is 12.9. The first kappa shape index (κ1) is 15.4. The van der Waals surface area contributed by atoms with E-state index in [2.05, 4.69) is 38.7 Å². The molecule has 2 aliphatic rings. The van der Waals surface area contributed by atoms with Gasteiger partial charge in [-0.25, -0.2) is 0 Å². The molecule has 3 heterocycles. The maximum Gasteiger partial charge on any atom is 0.223 e. The van der Waals surface area contributed by atoms with Crippen LogP contribution in [-0.4, -0.2) is 37.7 Å². The van der Waals surface area contributed by atoms with Crippen molar-refractivity contribution in [2.24, 2.45) is 0 Å². The molecule has 24 heavy (non-hydrogen) atoms. The minimum absolute atomic E-state index is 0.295. The maximum atomic E-state index is 12.9.